The number of hydrogen-bond donors (Lipinski definition) is 0. The molecule has 0 N–H and O–H groups in total. The van der Waals surface area contributed by atoms with Crippen LogP contribution in [0.4, 0.5) is 11.4 Å². The third-order valence-corrected chi connectivity index (χ3v) is 6.56. The second kappa shape index (κ2) is 9.14. The number of halogens is 1. The van der Waals surface area contributed by atoms with Crippen LogP contribution in [-0.4, -0.2) is 64.8 Å². The van der Waals surface area contributed by atoms with E-state index in [4.69, 9.17) is 16.3 Å². The number of hydrogen-bond acceptors (Lipinski definition) is 5. The van der Waals surface area contributed by atoms with Crippen molar-refractivity contribution in [3.63, 3.8) is 0 Å². The van der Waals surface area contributed by atoms with Crippen molar-refractivity contribution >= 4 is 38.9 Å². The second-order valence-corrected chi connectivity index (χ2v) is 9.73. The van der Waals surface area contributed by atoms with E-state index in [0.717, 1.165) is 25.0 Å². The molecule has 1 saturated heterocycles. The minimum atomic E-state index is -3.33. The first-order chi connectivity index (χ1) is 14.1. The average Bonchev–Trinajstić information content (AvgIpc) is 2.72. The molecule has 30 heavy (non-hydrogen) atoms. The fourth-order valence-corrected chi connectivity index (χ4v) is 3.98. The number of carbonyl (C=O) groups excluding carboxylic acids is 1. The van der Waals surface area contributed by atoms with Crippen LogP contribution in [0.2, 0.25) is 5.02 Å². The highest BCUT2D eigenvalue weighted by molar-refractivity contribution is 7.92. The molecule has 1 aliphatic rings. The quantitative estimate of drug-likeness (QED) is 0.675. The van der Waals surface area contributed by atoms with Crippen LogP contribution < -0.4 is 13.9 Å². The Labute approximate surface area is 182 Å². The summed E-state index contributed by atoms with van der Waals surface area (Å²) in [7, 11) is -1.84. The van der Waals surface area contributed by atoms with Crippen molar-refractivity contribution in [2.24, 2.45) is 0 Å². The van der Waals surface area contributed by atoms with Crippen LogP contribution in [0.25, 0.3) is 0 Å². The number of piperazine rings is 1. The molecular weight excluding hydrogens is 426 g/mol. The number of anilines is 2. The summed E-state index contributed by atoms with van der Waals surface area (Å²) in [5.41, 5.74) is 1.58. The van der Waals surface area contributed by atoms with E-state index in [1.165, 1.54) is 11.4 Å². The minimum Gasteiger partial charge on any atom is -0.481 e. The molecule has 0 aliphatic carbocycles. The first-order valence-corrected chi connectivity index (χ1v) is 11.9. The molecule has 1 aliphatic heterocycles. The van der Waals surface area contributed by atoms with Crippen molar-refractivity contribution in [3.8, 4) is 5.75 Å². The van der Waals surface area contributed by atoms with E-state index in [1.807, 2.05) is 24.3 Å². The Balaban J connectivity index is 1.55. The molecule has 0 radical (unpaired) electrons. The fourth-order valence-electron chi connectivity index (χ4n) is 3.30. The van der Waals surface area contributed by atoms with Crippen LogP contribution in [0.5, 0.6) is 5.75 Å². The van der Waals surface area contributed by atoms with Gasteiger partial charge in [-0.3, -0.25) is 9.10 Å². The molecule has 0 unspecified atom stereocenters. The third-order valence-electron chi connectivity index (χ3n) is 5.12. The number of amides is 1. The lowest BCUT2D eigenvalue weighted by Crippen LogP contribution is -2.52. The van der Waals surface area contributed by atoms with Crippen LogP contribution in [0.15, 0.2) is 48.5 Å². The van der Waals surface area contributed by atoms with Gasteiger partial charge in [0.2, 0.25) is 10.0 Å². The molecule has 0 bridgehead atoms. The molecule has 3 rings (SSSR count). The topological polar surface area (TPSA) is 70.2 Å². The number of rotatable bonds is 6. The highest BCUT2D eigenvalue weighted by Gasteiger charge is 2.26. The van der Waals surface area contributed by atoms with E-state index < -0.39 is 16.1 Å². The van der Waals surface area contributed by atoms with Crippen LogP contribution in [0.3, 0.4) is 0 Å². The molecule has 0 spiro atoms. The molecule has 1 fully saturated rings. The van der Waals surface area contributed by atoms with Gasteiger partial charge in [-0.25, -0.2) is 8.42 Å². The Bertz CT molecular complexity index is 990. The fraction of sp³-hybridized carbons (Fsp3) is 0.381. The number of sulfonamides is 1. The lowest BCUT2D eigenvalue weighted by atomic mass is 10.2. The standard InChI is InChI=1S/C21H26ClN3O4S/c1-16(29-20-9-7-18(8-10-20)23(2)30(3,27)28)21(26)25-13-11-24(12-14-25)19-6-4-5-17(22)15-19/h4-10,15-16H,11-14H2,1-3H3/t16-/m1/s1. The zero-order chi connectivity index (χ0) is 21.9. The van der Waals surface area contributed by atoms with Crippen molar-refractivity contribution in [2.45, 2.75) is 13.0 Å². The molecule has 1 atom stereocenters. The van der Waals surface area contributed by atoms with Crippen molar-refractivity contribution in [2.75, 3.05) is 48.7 Å². The molecule has 1 amide bonds. The zero-order valence-electron chi connectivity index (χ0n) is 17.3. The molecule has 1 heterocycles. The molecule has 0 aromatic heterocycles. The van der Waals surface area contributed by atoms with Crippen molar-refractivity contribution in [1.29, 1.82) is 0 Å². The zero-order valence-corrected chi connectivity index (χ0v) is 18.9. The lowest BCUT2D eigenvalue weighted by molar-refractivity contribution is -0.138. The molecule has 162 valence electrons. The summed E-state index contributed by atoms with van der Waals surface area (Å²) in [6.07, 6.45) is 0.505. The predicted molar refractivity (Wildman–Crippen MR) is 120 cm³/mol. The Kier molecular flexibility index (Phi) is 6.77. The molecule has 7 nitrogen and oxygen atoms in total. The molecule has 9 heteroatoms. The second-order valence-electron chi connectivity index (χ2n) is 7.28. The first-order valence-electron chi connectivity index (χ1n) is 9.65. The maximum atomic E-state index is 12.8. The van der Waals surface area contributed by atoms with Gasteiger partial charge in [-0.15, -0.1) is 0 Å². The summed E-state index contributed by atoms with van der Waals surface area (Å²) in [6, 6.07) is 14.3. The largest absolute Gasteiger partial charge is 0.481 e. The third kappa shape index (κ3) is 5.37. The summed E-state index contributed by atoms with van der Waals surface area (Å²) < 4.78 is 30.2. The van der Waals surface area contributed by atoms with Gasteiger partial charge in [-0.1, -0.05) is 17.7 Å². The van der Waals surface area contributed by atoms with E-state index >= 15 is 0 Å². The van der Waals surface area contributed by atoms with Gasteiger partial charge in [0.25, 0.3) is 5.91 Å². The van der Waals surface area contributed by atoms with Crippen LogP contribution in [0, 0.1) is 0 Å². The van der Waals surface area contributed by atoms with Gasteiger partial charge in [-0.05, 0) is 49.4 Å². The van der Waals surface area contributed by atoms with Gasteiger partial charge >= 0.3 is 0 Å². The smallest absolute Gasteiger partial charge is 0.263 e. The van der Waals surface area contributed by atoms with Crippen molar-refractivity contribution < 1.29 is 17.9 Å². The molecule has 2 aromatic carbocycles. The van der Waals surface area contributed by atoms with Crippen molar-refractivity contribution in [3.05, 3.63) is 53.6 Å². The van der Waals surface area contributed by atoms with E-state index in [1.54, 1.807) is 36.1 Å². The van der Waals surface area contributed by atoms with Crippen LogP contribution >= 0.6 is 11.6 Å². The number of nitrogens with zero attached hydrogens (tertiary/aromatic N) is 3. The van der Waals surface area contributed by atoms with Gasteiger partial charge in [0.1, 0.15) is 5.75 Å². The molecular formula is C21H26ClN3O4S. The van der Waals surface area contributed by atoms with Crippen molar-refractivity contribution in [1.82, 2.24) is 4.90 Å². The Morgan fingerprint density at radius 3 is 2.30 bits per heavy atom. The summed E-state index contributed by atoms with van der Waals surface area (Å²) >= 11 is 6.07. The van der Waals surface area contributed by atoms with E-state index in [-0.39, 0.29) is 5.91 Å². The highest BCUT2D eigenvalue weighted by atomic mass is 35.5. The van der Waals surface area contributed by atoms with E-state index in [0.29, 0.717) is 29.5 Å². The SMILES string of the molecule is C[C@@H](Oc1ccc(N(C)S(C)(=O)=O)cc1)C(=O)N1CCN(c2cccc(Cl)c2)CC1. The van der Waals surface area contributed by atoms with Gasteiger partial charge in [0.05, 0.1) is 11.9 Å². The minimum absolute atomic E-state index is 0.0712. The van der Waals surface area contributed by atoms with Gasteiger partial charge < -0.3 is 14.5 Å². The van der Waals surface area contributed by atoms with Gasteiger partial charge in [0.15, 0.2) is 6.10 Å². The number of benzene rings is 2. The lowest BCUT2D eigenvalue weighted by Gasteiger charge is -2.37. The Hall–Kier alpha value is -2.45. The average molecular weight is 452 g/mol. The number of ether oxygens (including phenoxy) is 1. The van der Waals surface area contributed by atoms with Crippen LogP contribution in [0.1, 0.15) is 6.92 Å². The first kappa shape index (κ1) is 22.2. The maximum absolute atomic E-state index is 12.8. The molecule has 2 aromatic rings. The normalized spacial score (nSPS) is 15.6. The predicted octanol–water partition coefficient (Wildman–Crippen LogP) is 2.85. The maximum Gasteiger partial charge on any atom is 0.263 e. The van der Waals surface area contributed by atoms with Gasteiger partial charge in [0, 0.05) is 43.9 Å². The Morgan fingerprint density at radius 2 is 1.73 bits per heavy atom. The highest BCUT2D eigenvalue weighted by Crippen LogP contribution is 2.23. The summed E-state index contributed by atoms with van der Waals surface area (Å²) in [5, 5.41) is 0.696. The van der Waals surface area contributed by atoms with E-state index in [9.17, 15) is 13.2 Å². The monoisotopic (exact) mass is 451 g/mol. The van der Waals surface area contributed by atoms with E-state index in [2.05, 4.69) is 4.90 Å². The summed E-state index contributed by atoms with van der Waals surface area (Å²) in [6.45, 7) is 4.40. The number of carbonyl (C=O) groups is 1. The van der Waals surface area contributed by atoms with Gasteiger partial charge in [-0.2, -0.15) is 0 Å². The molecule has 0 saturated carbocycles. The summed E-state index contributed by atoms with van der Waals surface area (Å²) in [4.78, 5) is 16.8. The van der Waals surface area contributed by atoms with Crippen LogP contribution in [-0.2, 0) is 14.8 Å². The summed E-state index contributed by atoms with van der Waals surface area (Å²) in [5.74, 6) is 0.442. The Morgan fingerprint density at radius 1 is 1.10 bits per heavy atom.